The van der Waals surface area contributed by atoms with E-state index < -0.39 is 0 Å². The van der Waals surface area contributed by atoms with Crippen molar-refractivity contribution < 1.29 is 9.32 Å². The predicted octanol–water partition coefficient (Wildman–Crippen LogP) is 4.47. The number of aryl methyl sites for hydroxylation is 1. The summed E-state index contributed by atoms with van der Waals surface area (Å²) < 4.78 is 6.66. The first kappa shape index (κ1) is 20.6. The molecule has 8 heteroatoms. The molecule has 156 valence electrons. The van der Waals surface area contributed by atoms with Gasteiger partial charge in [0.15, 0.2) is 0 Å². The number of anilines is 1. The maximum Gasteiger partial charge on any atom is 0.259 e. The van der Waals surface area contributed by atoms with Crippen molar-refractivity contribution in [1.29, 1.82) is 0 Å². The van der Waals surface area contributed by atoms with E-state index in [9.17, 15) is 9.59 Å². The van der Waals surface area contributed by atoms with Crippen LogP contribution in [-0.4, -0.2) is 20.6 Å². The summed E-state index contributed by atoms with van der Waals surface area (Å²) in [6, 6.07) is 15.9. The van der Waals surface area contributed by atoms with Crippen LogP contribution in [0.15, 0.2) is 70.1 Å². The van der Waals surface area contributed by atoms with Crippen molar-refractivity contribution in [3.05, 3.63) is 87.3 Å². The number of benzene rings is 2. The Morgan fingerprint density at radius 3 is 2.58 bits per heavy atom. The van der Waals surface area contributed by atoms with Gasteiger partial charge in [-0.05, 0) is 37.6 Å². The second-order valence-electron chi connectivity index (χ2n) is 7.13. The zero-order valence-electron chi connectivity index (χ0n) is 16.9. The van der Waals surface area contributed by atoms with Gasteiger partial charge in [-0.1, -0.05) is 52.7 Å². The molecule has 0 bridgehead atoms. The summed E-state index contributed by atoms with van der Waals surface area (Å²) in [5.74, 6) is 0.354. The van der Waals surface area contributed by atoms with Crippen LogP contribution >= 0.6 is 11.6 Å². The normalized spacial score (nSPS) is 10.8. The first-order chi connectivity index (χ1) is 14.9. The van der Waals surface area contributed by atoms with Gasteiger partial charge >= 0.3 is 0 Å². The molecule has 2 aromatic carbocycles. The molecule has 4 aromatic rings. The van der Waals surface area contributed by atoms with E-state index in [2.05, 4.69) is 15.5 Å². The molecule has 0 spiro atoms. The molecule has 1 amide bonds. The SMILES string of the molecule is Cc1ccc(-c2noc(-c3ccc(=O)n(CC(=O)Nc4cccc(Cl)c4C)c3)n2)cc1. The number of aromatic nitrogens is 3. The fourth-order valence-electron chi connectivity index (χ4n) is 3.03. The molecule has 0 aliphatic rings. The smallest absolute Gasteiger partial charge is 0.259 e. The Labute approximate surface area is 183 Å². The molecule has 0 unspecified atom stereocenters. The zero-order chi connectivity index (χ0) is 22.0. The van der Waals surface area contributed by atoms with Gasteiger partial charge in [-0.3, -0.25) is 9.59 Å². The van der Waals surface area contributed by atoms with Crippen molar-refractivity contribution in [2.75, 3.05) is 5.32 Å². The Bertz CT molecular complexity index is 1310. The lowest BCUT2D eigenvalue weighted by molar-refractivity contribution is -0.116. The maximum atomic E-state index is 12.5. The number of halogens is 1. The largest absolute Gasteiger partial charge is 0.334 e. The molecule has 0 radical (unpaired) electrons. The summed E-state index contributed by atoms with van der Waals surface area (Å²) in [4.78, 5) is 29.2. The summed E-state index contributed by atoms with van der Waals surface area (Å²) in [5.41, 5.74) is 3.53. The van der Waals surface area contributed by atoms with Gasteiger partial charge in [0.05, 0.1) is 5.56 Å². The Balaban J connectivity index is 1.55. The number of hydrogen-bond donors (Lipinski definition) is 1. The molecule has 2 aromatic heterocycles. The van der Waals surface area contributed by atoms with Crippen molar-refractivity contribution in [2.45, 2.75) is 20.4 Å². The minimum atomic E-state index is -0.351. The lowest BCUT2D eigenvalue weighted by Gasteiger charge is -2.11. The standard InChI is InChI=1S/C23H19ClN4O3/c1-14-6-8-16(9-7-14)22-26-23(31-27-22)17-10-11-21(30)28(12-17)13-20(29)25-19-5-3-4-18(24)15(19)2/h3-12H,13H2,1-2H3,(H,25,29). The first-order valence-corrected chi connectivity index (χ1v) is 9.95. The third-order valence-electron chi connectivity index (χ3n) is 4.82. The molecule has 0 fully saturated rings. The molecule has 0 saturated carbocycles. The molecule has 0 aliphatic carbocycles. The van der Waals surface area contributed by atoms with Gasteiger partial charge in [0.25, 0.3) is 11.4 Å². The molecule has 1 N–H and O–H groups in total. The van der Waals surface area contributed by atoms with Crippen molar-refractivity contribution in [3.8, 4) is 22.8 Å². The highest BCUT2D eigenvalue weighted by Gasteiger charge is 2.14. The topological polar surface area (TPSA) is 90.0 Å². The van der Waals surface area contributed by atoms with Crippen LogP contribution in [0.5, 0.6) is 0 Å². The summed E-state index contributed by atoms with van der Waals surface area (Å²) in [6.07, 6.45) is 1.53. The number of carbonyl (C=O) groups excluding carboxylic acids is 1. The number of nitrogens with zero attached hydrogens (tertiary/aromatic N) is 3. The van der Waals surface area contributed by atoms with Crippen molar-refractivity contribution in [3.63, 3.8) is 0 Å². The van der Waals surface area contributed by atoms with Crippen LogP contribution in [-0.2, 0) is 11.3 Å². The quantitative estimate of drug-likeness (QED) is 0.500. The second-order valence-corrected chi connectivity index (χ2v) is 7.54. The van der Waals surface area contributed by atoms with E-state index in [0.717, 1.165) is 16.7 Å². The van der Waals surface area contributed by atoms with Crippen LogP contribution in [0.2, 0.25) is 5.02 Å². The fourth-order valence-corrected chi connectivity index (χ4v) is 3.20. The molecule has 2 heterocycles. The highest BCUT2D eigenvalue weighted by Crippen LogP contribution is 2.23. The van der Waals surface area contributed by atoms with Crippen LogP contribution < -0.4 is 10.9 Å². The third-order valence-corrected chi connectivity index (χ3v) is 5.23. The third kappa shape index (κ3) is 4.57. The zero-order valence-corrected chi connectivity index (χ0v) is 17.7. The molecule has 4 rings (SSSR count). The van der Waals surface area contributed by atoms with Crippen LogP contribution in [0.3, 0.4) is 0 Å². The number of hydrogen-bond acceptors (Lipinski definition) is 5. The van der Waals surface area contributed by atoms with Gasteiger partial charge in [-0.15, -0.1) is 0 Å². The average Bonchev–Trinajstić information content (AvgIpc) is 3.24. The Morgan fingerprint density at radius 1 is 1.06 bits per heavy atom. The Kier molecular flexibility index (Phi) is 5.68. The first-order valence-electron chi connectivity index (χ1n) is 9.57. The van der Waals surface area contributed by atoms with E-state index in [4.69, 9.17) is 16.1 Å². The summed E-state index contributed by atoms with van der Waals surface area (Å²) in [5, 5.41) is 7.35. The van der Waals surface area contributed by atoms with Crippen molar-refractivity contribution in [1.82, 2.24) is 14.7 Å². The van der Waals surface area contributed by atoms with Gasteiger partial charge in [0.1, 0.15) is 6.54 Å². The molecular weight excluding hydrogens is 416 g/mol. The maximum absolute atomic E-state index is 12.5. The molecular formula is C23H19ClN4O3. The minimum Gasteiger partial charge on any atom is -0.334 e. The van der Waals surface area contributed by atoms with Crippen LogP contribution in [0.4, 0.5) is 5.69 Å². The number of carbonyl (C=O) groups is 1. The summed E-state index contributed by atoms with van der Waals surface area (Å²) in [7, 11) is 0. The molecule has 0 aliphatic heterocycles. The van der Waals surface area contributed by atoms with Gasteiger partial charge in [-0.2, -0.15) is 4.98 Å². The number of nitrogens with one attached hydrogen (secondary N) is 1. The lowest BCUT2D eigenvalue weighted by atomic mass is 10.1. The number of pyridine rings is 1. The van der Waals surface area contributed by atoms with Crippen LogP contribution in [0.25, 0.3) is 22.8 Å². The van der Waals surface area contributed by atoms with Crippen molar-refractivity contribution >= 4 is 23.2 Å². The molecule has 31 heavy (non-hydrogen) atoms. The monoisotopic (exact) mass is 434 g/mol. The van der Waals surface area contributed by atoms with Gasteiger partial charge in [-0.25, -0.2) is 0 Å². The Hall–Kier alpha value is -3.71. The molecule has 0 saturated heterocycles. The highest BCUT2D eigenvalue weighted by molar-refractivity contribution is 6.31. The predicted molar refractivity (Wildman–Crippen MR) is 119 cm³/mol. The number of rotatable bonds is 5. The second kappa shape index (κ2) is 8.57. The van der Waals surface area contributed by atoms with E-state index in [1.807, 2.05) is 38.1 Å². The highest BCUT2D eigenvalue weighted by atomic mass is 35.5. The average molecular weight is 435 g/mol. The van der Waals surface area contributed by atoms with Gasteiger partial charge < -0.3 is 14.4 Å². The van der Waals surface area contributed by atoms with E-state index >= 15 is 0 Å². The molecule has 0 atom stereocenters. The van der Waals surface area contributed by atoms with E-state index in [1.54, 1.807) is 24.3 Å². The van der Waals surface area contributed by atoms with E-state index in [1.165, 1.54) is 16.8 Å². The number of amides is 1. The van der Waals surface area contributed by atoms with Gasteiger partial charge in [0.2, 0.25) is 11.7 Å². The summed E-state index contributed by atoms with van der Waals surface area (Å²) in [6.45, 7) is 3.64. The van der Waals surface area contributed by atoms with Gasteiger partial charge in [0, 0.05) is 28.5 Å². The van der Waals surface area contributed by atoms with E-state index in [-0.39, 0.29) is 23.9 Å². The summed E-state index contributed by atoms with van der Waals surface area (Å²) >= 11 is 6.10. The minimum absolute atomic E-state index is 0.169. The Morgan fingerprint density at radius 2 is 1.81 bits per heavy atom. The fraction of sp³-hybridized carbons (Fsp3) is 0.130. The van der Waals surface area contributed by atoms with Crippen LogP contribution in [0.1, 0.15) is 11.1 Å². The van der Waals surface area contributed by atoms with Crippen molar-refractivity contribution in [2.24, 2.45) is 0 Å². The molecule has 7 nitrogen and oxygen atoms in total. The van der Waals surface area contributed by atoms with Crippen LogP contribution in [0, 0.1) is 13.8 Å². The lowest BCUT2D eigenvalue weighted by Crippen LogP contribution is -2.27. The van der Waals surface area contributed by atoms with E-state index in [0.29, 0.717) is 22.1 Å².